The molecule has 1 N–H and O–H groups in total. The zero-order chi connectivity index (χ0) is 13.0. The van der Waals surface area contributed by atoms with Crippen LogP contribution in [0.5, 0.6) is 0 Å². The summed E-state index contributed by atoms with van der Waals surface area (Å²) in [5.41, 5.74) is 0. The van der Waals surface area contributed by atoms with Crippen LogP contribution in [0.1, 0.15) is 31.5 Å². The van der Waals surface area contributed by atoms with Crippen molar-refractivity contribution in [1.82, 2.24) is 25.1 Å². The first-order valence-corrected chi connectivity index (χ1v) is 6.34. The summed E-state index contributed by atoms with van der Waals surface area (Å²) < 4.78 is 1.52. The maximum Gasteiger partial charge on any atom is 0.230 e. The lowest BCUT2D eigenvalue weighted by atomic mass is 9.99. The average Bonchev–Trinajstić information content (AvgIpc) is 2.76. The minimum Gasteiger partial charge on any atom is -0.396 e. The van der Waals surface area contributed by atoms with E-state index < -0.39 is 0 Å². The molecule has 1 amide bonds. The number of hydrogen-bond acceptors (Lipinski definition) is 5. The zero-order valence-electron chi connectivity index (χ0n) is 10.6. The van der Waals surface area contributed by atoms with Gasteiger partial charge < -0.3 is 10.0 Å². The second-order valence-corrected chi connectivity index (χ2v) is 4.64. The highest BCUT2D eigenvalue weighted by molar-refractivity contribution is 5.78. The highest BCUT2D eigenvalue weighted by atomic mass is 16.3. The number of rotatable bonds is 4. The van der Waals surface area contributed by atoms with E-state index in [4.69, 9.17) is 5.11 Å². The number of aromatic nitrogens is 4. The van der Waals surface area contributed by atoms with E-state index in [2.05, 4.69) is 15.5 Å². The Balaban J connectivity index is 2.00. The van der Waals surface area contributed by atoms with Gasteiger partial charge in [-0.05, 0) is 36.1 Å². The van der Waals surface area contributed by atoms with Gasteiger partial charge in [0, 0.05) is 26.2 Å². The Morgan fingerprint density at radius 1 is 1.50 bits per heavy atom. The van der Waals surface area contributed by atoms with Crippen LogP contribution in [0.4, 0.5) is 0 Å². The number of aliphatic hydroxyl groups excluding tert-OH is 1. The molecule has 0 aromatic carbocycles. The third-order valence-corrected chi connectivity index (χ3v) is 3.43. The fourth-order valence-electron chi connectivity index (χ4n) is 2.41. The van der Waals surface area contributed by atoms with Crippen LogP contribution in [0, 0.1) is 0 Å². The molecule has 1 aromatic rings. The number of tetrazole rings is 1. The van der Waals surface area contributed by atoms with Crippen LogP contribution in [0.2, 0.25) is 0 Å². The van der Waals surface area contributed by atoms with E-state index in [0.717, 1.165) is 25.8 Å². The SMILES string of the molecule is Cn1nnnc1CC(=O)N1CCCCC1CCO. The van der Waals surface area contributed by atoms with Crippen molar-refractivity contribution < 1.29 is 9.90 Å². The fourth-order valence-corrected chi connectivity index (χ4v) is 2.41. The van der Waals surface area contributed by atoms with Crippen molar-refractivity contribution >= 4 is 5.91 Å². The second-order valence-electron chi connectivity index (χ2n) is 4.64. The lowest BCUT2D eigenvalue weighted by Gasteiger charge is -2.35. The molecule has 1 unspecified atom stereocenters. The summed E-state index contributed by atoms with van der Waals surface area (Å²) in [5.74, 6) is 0.624. The van der Waals surface area contributed by atoms with E-state index in [-0.39, 0.29) is 25.0 Å². The van der Waals surface area contributed by atoms with Crippen LogP contribution in [-0.2, 0) is 18.3 Å². The van der Waals surface area contributed by atoms with Crippen LogP contribution >= 0.6 is 0 Å². The third-order valence-electron chi connectivity index (χ3n) is 3.43. The van der Waals surface area contributed by atoms with Gasteiger partial charge in [0.1, 0.15) is 0 Å². The number of amides is 1. The highest BCUT2D eigenvalue weighted by Gasteiger charge is 2.27. The van der Waals surface area contributed by atoms with E-state index in [9.17, 15) is 4.79 Å². The van der Waals surface area contributed by atoms with Crippen molar-refractivity contribution in [2.45, 2.75) is 38.1 Å². The second kappa shape index (κ2) is 5.90. The largest absolute Gasteiger partial charge is 0.396 e. The molecule has 18 heavy (non-hydrogen) atoms. The maximum atomic E-state index is 12.2. The van der Waals surface area contributed by atoms with Crippen molar-refractivity contribution in [2.24, 2.45) is 7.05 Å². The van der Waals surface area contributed by atoms with E-state index in [1.807, 2.05) is 4.90 Å². The normalized spacial score (nSPS) is 20.1. The van der Waals surface area contributed by atoms with Gasteiger partial charge in [0.25, 0.3) is 0 Å². The number of likely N-dealkylation sites (tertiary alicyclic amines) is 1. The van der Waals surface area contributed by atoms with Crippen molar-refractivity contribution in [3.05, 3.63) is 5.82 Å². The van der Waals surface area contributed by atoms with Crippen LogP contribution in [0.15, 0.2) is 0 Å². The molecule has 0 aliphatic carbocycles. The molecule has 7 nitrogen and oxygen atoms in total. The van der Waals surface area contributed by atoms with Gasteiger partial charge >= 0.3 is 0 Å². The van der Waals surface area contributed by atoms with Crippen molar-refractivity contribution in [3.63, 3.8) is 0 Å². The topological polar surface area (TPSA) is 84.1 Å². The van der Waals surface area contributed by atoms with Gasteiger partial charge in [-0.15, -0.1) is 5.10 Å². The Bertz CT molecular complexity index is 404. The number of carbonyl (C=O) groups excluding carboxylic acids is 1. The number of hydrogen-bond donors (Lipinski definition) is 1. The predicted molar refractivity (Wildman–Crippen MR) is 63.6 cm³/mol. The van der Waals surface area contributed by atoms with Gasteiger partial charge in [-0.3, -0.25) is 4.79 Å². The first-order chi connectivity index (χ1) is 8.72. The number of nitrogens with zero attached hydrogens (tertiary/aromatic N) is 5. The zero-order valence-corrected chi connectivity index (χ0v) is 10.6. The summed E-state index contributed by atoms with van der Waals surface area (Å²) >= 11 is 0. The molecular weight excluding hydrogens is 234 g/mol. The molecule has 0 radical (unpaired) electrons. The van der Waals surface area contributed by atoms with Gasteiger partial charge in [0.05, 0.1) is 6.42 Å². The van der Waals surface area contributed by atoms with Gasteiger partial charge in [-0.2, -0.15) is 0 Å². The van der Waals surface area contributed by atoms with Crippen molar-refractivity contribution in [1.29, 1.82) is 0 Å². The molecule has 0 bridgehead atoms. The van der Waals surface area contributed by atoms with E-state index >= 15 is 0 Å². The Labute approximate surface area is 106 Å². The quantitative estimate of drug-likeness (QED) is 0.783. The molecule has 0 saturated carbocycles. The molecule has 1 aliphatic rings. The van der Waals surface area contributed by atoms with Gasteiger partial charge in [-0.1, -0.05) is 0 Å². The highest BCUT2D eigenvalue weighted by Crippen LogP contribution is 2.20. The number of aryl methyl sites for hydroxylation is 1. The van der Waals surface area contributed by atoms with Crippen LogP contribution in [0.3, 0.4) is 0 Å². The lowest BCUT2D eigenvalue weighted by molar-refractivity contribution is -0.134. The number of carbonyl (C=O) groups is 1. The maximum absolute atomic E-state index is 12.2. The minimum absolute atomic E-state index is 0.0473. The Hall–Kier alpha value is -1.50. The number of aliphatic hydroxyl groups is 1. The van der Waals surface area contributed by atoms with E-state index in [1.54, 1.807) is 7.05 Å². The Kier molecular flexibility index (Phi) is 4.24. The minimum atomic E-state index is 0.0473. The summed E-state index contributed by atoms with van der Waals surface area (Å²) in [5, 5.41) is 20.1. The Morgan fingerprint density at radius 3 is 3.00 bits per heavy atom. The molecule has 1 atom stereocenters. The average molecular weight is 253 g/mol. The lowest BCUT2D eigenvalue weighted by Crippen LogP contribution is -2.45. The van der Waals surface area contributed by atoms with E-state index in [0.29, 0.717) is 12.2 Å². The summed E-state index contributed by atoms with van der Waals surface area (Å²) in [6.07, 6.45) is 4.02. The number of piperidine rings is 1. The molecule has 7 heteroatoms. The fraction of sp³-hybridized carbons (Fsp3) is 0.818. The van der Waals surface area contributed by atoms with E-state index in [1.165, 1.54) is 4.68 Å². The van der Waals surface area contributed by atoms with Gasteiger partial charge in [-0.25, -0.2) is 4.68 Å². The molecule has 1 saturated heterocycles. The molecule has 2 heterocycles. The van der Waals surface area contributed by atoms with Crippen LogP contribution < -0.4 is 0 Å². The predicted octanol–water partition coefficient (Wildman–Crippen LogP) is -0.484. The van der Waals surface area contributed by atoms with Crippen LogP contribution in [0.25, 0.3) is 0 Å². The Morgan fingerprint density at radius 2 is 2.33 bits per heavy atom. The summed E-state index contributed by atoms with van der Waals surface area (Å²) in [6.45, 7) is 0.898. The molecule has 1 aliphatic heterocycles. The first-order valence-electron chi connectivity index (χ1n) is 6.34. The van der Waals surface area contributed by atoms with Gasteiger partial charge in [0.15, 0.2) is 5.82 Å². The summed E-state index contributed by atoms with van der Waals surface area (Å²) in [6, 6.07) is 0.164. The monoisotopic (exact) mass is 253 g/mol. The molecule has 100 valence electrons. The first kappa shape index (κ1) is 12.9. The van der Waals surface area contributed by atoms with Crippen molar-refractivity contribution in [2.75, 3.05) is 13.2 Å². The molecular formula is C11H19N5O2. The third kappa shape index (κ3) is 2.84. The summed E-state index contributed by atoms with van der Waals surface area (Å²) in [4.78, 5) is 14.1. The standard InChI is InChI=1S/C11H19N5O2/c1-15-10(12-13-14-15)8-11(18)16-6-3-2-4-9(16)5-7-17/h9,17H,2-8H2,1H3. The smallest absolute Gasteiger partial charge is 0.230 e. The molecule has 2 rings (SSSR count). The molecule has 1 aromatic heterocycles. The summed E-state index contributed by atoms with van der Waals surface area (Å²) in [7, 11) is 1.73. The van der Waals surface area contributed by atoms with Crippen molar-refractivity contribution in [3.8, 4) is 0 Å². The molecule has 1 fully saturated rings. The van der Waals surface area contributed by atoms with Gasteiger partial charge in [0.2, 0.25) is 5.91 Å². The van der Waals surface area contributed by atoms with Crippen LogP contribution in [-0.4, -0.2) is 55.3 Å². The molecule has 0 spiro atoms.